The van der Waals surface area contributed by atoms with E-state index in [1.165, 1.54) is 37.1 Å². The summed E-state index contributed by atoms with van der Waals surface area (Å²) in [5.74, 6) is 0. The summed E-state index contributed by atoms with van der Waals surface area (Å²) >= 11 is 0. The molecule has 1 aromatic rings. The number of halogens is 2. The van der Waals surface area contributed by atoms with Crippen LogP contribution < -0.4 is 5.32 Å². The van der Waals surface area contributed by atoms with Gasteiger partial charge >= 0.3 is 0 Å². The molecule has 0 aromatic heterocycles. The molecule has 0 amide bonds. The second-order valence-electron chi connectivity index (χ2n) is 5.40. The molecule has 0 spiro atoms. The summed E-state index contributed by atoms with van der Waals surface area (Å²) in [5.41, 5.74) is 4.47. The molecule has 20 heavy (non-hydrogen) atoms. The van der Waals surface area contributed by atoms with Gasteiger partial charge in [-0.1, -0.05) is 31.5 Å². The number of nitrogens with one attached hydrogen (secondary N) is 1. The number of hydrogen-bond donors (Lipinski definition) is 1. The fraction of sp³-hybridized carbons (Fsp3) is 0.625. The second kappa shape index (κ2) is 9.62. The maximum absolute atomic E-state index is 3.45. The highest BCUT2D eigenvalue weighted by Gasteiger charge is 2.23. The summed E-state index contributed by atoms with van der Waals surface area (Å²) < 4.78 is 0. The van der Waals surface area contributed by atoms with Crippen molar-refractivity contribution in [2.24, 2.45) is 0 Å². The van der Waals surface area contributed by atoms with Crippen LogP contribution in [0.15, 0.2) is 18.2 Å². The quantitative estimate of drug-likeness (QED) is 0.906. The Kier molecular flexibility index (Phi) is 9.48. The number of hydrogen-bond acceptors (Lipinski definition) is 2. The molecular weight excluding hydrogens is 291 g/mol. The van der Waals surface area contributed by atoms with Gasteiger partial charge in [0.25, 0.3) is 0 Å². The topological polar surface area (TPSA) is 15.3 Å². The summed E-state index contributed by atoms with van der Waals surface area (Å²) in [7, 11) is 0. The van der Waals surface area contributed by atoms with Crippen LogP contribution in [0.25, 0.3) is 0 Å². The minimum absolute atomic E-state index is 0. The van der Waals surface area contributed by atoms with Gasteiger partial charge in [0.15, 0.2) is 0 Å². The first-order valence-corrected chi connectivity index (χ1v) is 7.25. The van der Waals surface area contributed by atoms with E-state index in [0.29, 0.717) is 6.04 Å². The van der Waals surface area contributed by atoms with Crippen LogP contribution in [0.2, 0.25) is 0 Å². The zero-order chi connectivity index (χ0) is 13.0. The van der Waals surface area contributed by atoms with Crippen molar-refractivity contribution in [2.45, 2.75) is 39.7 Å². The van der Waals surface area contributed by atoms with Gasteiger partial charge in [-0.05, 0) is 37.0 Å². The highest BCUT2D eigenvalue weighted by atomic mass is 35.5. The number of piperazine rings is 1. The number of benzene rings is 1. The van der Waals surface area contributed by atoms with Crippen molar-refractivity contribution in [1.29, 1.82) is 0 Å². The first kappa shape index (κ1) is 19.7. The number of rotatable bonds is 4. The number of nitrogens with zero attached hydrogens (tertiary/aromatic N) is 1. The van der Waals surface area contributed by atoms with Crippen LogP contribution >= 0.6 is 24.8 Å². The Hall–Kier alpha value is -0.280. The Morgan fingerprint density at radius 2 is 1.65 bits per heavy atom. The maximum atomic E-state index is 3.45. The third kappa shape index (κ3) is 4.63. The van der Waals surface area contributed by atoms with Gasteiger partial charge in [0, 0.05) is 32.2 Å². The normalized spacial score (nSPS) is 16.9. The molecule has 4 heteroatoms. The summed E-state index contributed by atoms with van der Waals surface area (Å²) in [5, 5.41) is 3.45. The largest absolute Gasteiger partial charge is 0.314 e. The van der Waals surface area contributed by atoms with Crippen LogP contribution in [0.5, 0.6) is 0 Å². The van der Waals surface area contributed by atoms with Crippen LogP contribution in [0.1, 0.15) is 42.5 Å². The van der Waals surface area contributed by atoms with Gasteiger partial charge in [-0.25, -0.2) is 0 Å². The average molecular weight is 319 g/mol. The molecule has 1 heterocycles. The summed E-state index contributed by atoms with van der Waals surface area (Å²) in [6.45, 7) is 11.4. The monoisotopic (exact) mass is 318 g/mol. The third-order valence-electron chi connectivity index (χ3n) is 4.03. The molecule has 2 rings (SSSR count). The second-order valence-corrected chi connectivity index (χ2v) is 5.40. The molecule has 1 aliphatic heterocycles. The molecule has 1 aliphatic rings. The summed E-state index contributed by atoms with van der Waals surface area (Å²) in [4.78, 5) is 2.66. The van der Waals surface area contributed by atoms with Crippen LogP contribution in [-0.4, -0.2) is 31.1 Å². The molecule has 1 fully saturated rings. The predicted octanol–water partition coefficient (Wildman–Crippen LogP) is 3.89. The van der Waals surface area contributed by atoms with Gasteiger partial charge in [-0.3, -0.25) is 4.90 Å². The molecule has 1 saturated heterocycles. The van der Waals surface area contributed by atoms with E-state index in [2.05, 4.69) is 49.2 Å². The molecule has 0 radical (unpaired) electrons. The highest BCUT2D eigenvalue weighted by molar-refractivity contribution is 5.85. The Bertz CT molecular complexity index is 370. The van der Waals surface area contributed by atoms with Crippen molar-refractivity contribution in [1.82, 2.24) is 10.2 Å². The van der Waals surface area contributed by atoms with Crippen LogP contribution in [-0.2, 0) is 0 Å². The molecule has 1 atom stereocenters. The Labute approximate surface area is 136 Å². The Morgan fingerprint density at radius 3 is 2.15 bits per heavy atom. The molecule has 0 saturated carbocycles. The average Bonchev–Trinajstić information content (AvgIpc) is 2.38. The molecule has 1 aromatic carbocycles. The fourth-order valence-electron chi connectivity index (χ4n) is 3.13. The van der Waals surface area contributed by atoms with Crippen molar-refractivity contribution in [3.8, 4) is 0 Å². The van der Waals surface area contributed by atoms with Crippen LogP contribution in [0.3, 0.4) is 0 Å². The van der Waals surface area contributed by atoms with Crippen LogP contribution in [0.4, 0.5) is 0 Å². The zero-order valence-electron chi connectivity index (χ0n) is 12.8. The van der Waals surface area contributed by atoms with Gasteiger partial charge in [0.2, 0.25) is 0 Å². The van der Waals surface area contributed by atoms with Crippen molar-refractivity contribution >= 4 is 24.8 Å². The van der Waals surface area contributed by atoms with E-state index < -0.39 is 0 Å². The van der Waals surface area contributed by atoms with Crippen molar-refractivity contribution in [3.05, 3.63) is 34.9 Å². The SMILES string of the molecule is CCC[C@H](c1c(C)cccc1C)N1CCNCC1.Cl.Cl. The summed E-state index contributed by atoms with van der Waals surface area (Å²) in [6, 6.07) is 7.30. The summed E-state index contributed by atoms with van der Waals surface area (Å²) in [6.07, 6.45) is 2.52. The minimum Gasteiger partial charge on any atom is -0.314 e. The van der Waals surface area contributed by atoms with E-state index in [-0.39, 0.29) is 24.8 Å². The van der Waals surface area contributed by atoms with Gasteiger partial charge < -0.3 is 5.32 Å². The van der Waals surface area contributed by atoms with Crippen LogP contribution in [0, 0.1) is 13.8 Å². The molecule has 0 bridgehead atoms. The highest BCUT2D eigenvalue weighted by Crippen LogP contribution is 2.30. The minimum atomic E-state index is 0. The van der Waals surface area contributed by atoms with E-state index in [4.69, 9.17) is 0 Å². The van der Waals surface area contributed by atoms with E-state index in [1.807, 2.05) is 0 Å². The molecule has 0 aliphatic carbocycles. The lowest BCUT2D eigenvalue weighted by Crippen LogP contribution is -2.45. The van der Waals surface area contributed by atoms with Crippen molar-refractivity contribution in [2.75, 3.05) is 26.2 Å². The molecule has 116 valence electrons. The number of aryl methyl sites for hydroxylation is 2. The first-order chi connectivity index (χ1) is 8.74. The van der Waals surface area contributed by atoms with E-state index >= 15 is 0 Å². The lowest BCUT2D eigenvalue weighted by Gasteiger charge is -2.36. The molecule has 2 nitrogen and oxygen atoms in total. The standard InChI is InChI=1S/C16H26N2.2ClH/c1-4-6-15(18-11-9-17-10-12-18)16-13(2)7-5-8-14(16)3;;/h5,7-8,15,17H,4,6,9-12H2,1-3H3;2*1H/t15-;;/m1../s1. The van der Waals surface area contributed by atoms with Gasteiger partial charge in [-0.2, -0.15) is 0 Å². The van der Waals surface area contributed by atoms with Crippen molar-refractivity contribution in [3.63, 3.8) is 0 Å². The Balaban J connectivity index is 0.00000180. The molecular formula is C16H28Cl2N2. The van der Waals surface area contributed by atoms with Crippen molar-refractivity contribution < 1.29 is 0 Å². The maximum Gasteiger partial charge on any atom is 0.0354 e. The van der Waals surface area contributed by atoms with E-state index in [0.717, 1.165) is 13.1 Å². The predicted molar refractivity (Wildman–Crippen MR) is 92.5 cm³/mol. The molecule has 1 N–H and O–H groups in total. The van der Waals surface area contributed by atoms with Gasteiger partial charge in [0.05, 0.1) is 0 Å². The lowest BCUT2D eigenvalue weighted by atomic mass is 9.92. The van der Waals surface area contributed by atoms with Gasteiger partial charge in [0.1, 0.15) is 0 Å². The lowest BCUT2D eigenvalue weighted by molar-refractivity contribution is 0.163. The first-order valence-electron chi connectivity index (χ1n) is 7.25. The van der Waals surface area contributed by atoms with Gasteiger partial charge in [-0.15, -0.1) is 24.8 Å². The fourth-order valence-corrected chi connectivity index (χ4v) is 3.13. The third-order valence-corrected chi connectivity index (χ3v) is 4.03. The van der Waals surface area contributed by atoms with E-state index in [9.17, 15) is 0 Å². The smallest absolute Gasteiger partial charge is 0.0354 e. The Morgan fingerprint density at radius 1 is 1.10 bits per heavy atom. The van der Waals surface area contributed by atoms with E-state index in [1.54, 1.807) is 5.56 Å². The zero-order valence-corrected chi connectivity index (χ0v) is 14.4. The molecule has 0 unspecified atom stereocenters.